The summed E-state index contributed by atoms with van der Waals surface area (Å²) in [7, 11) is 0. The topological polar surface area (TPSA) is 86.5 Å². The van der Waals surface area contributed by atoms with E-state index in [0.717, 1.165) is 23.5 Å². The second-order valence-electron chi connectivity index (χ2n) is 5.99. The largest absolute Gasteiger partial charge is 0.478 e. The van der Waals surface area contributed by atoms with Crippen LogP contribution in [0.25, 0.3) is 0 Å². The van der Waals surface area contributed by atoms with Gasteiger partial charge < -0.3 is 10.8 Å². The quantitative estimate of drug-likeness (QED) is 0.802. The molecule has 1 aliphatic heterocycles. The number of nitrogens with two attached hydrogens (primary N) is 1. The molecule has 0 aliphatic carbocycles. The molecule has 19 heavy (non-hydrogen) atoms. The number of hydrogen-bond acceptors (Lipinski definition) is 3. The third-order valence-corrected chi connectivity index (χ3v) is 4.13. The second kappa shape index (κ2) is 4.21. The van der Waals surface area contributed by atoms with Crippen LogP contribution in [0.15, 0.2) is 18.2 Å². The van der Waals surface area contributed by atoms with Gasteiger partial charge in [-0.1, -0.05) is 6.07 Å². The summed E-state index contributed by atoms with van der Waals surface area (Å²) in [5.74, 6) is -1.06. The zero-order valence-corrected chi connectivity index (χ0v) is 11.4. The predicted molar refractivity (Wildman–Crippen MR) is 71.0 cm³/mol. The number of nitrogen functional groups attached to an aromatic ring is 1. The normalized spacial score (nSPS) is 26.5. The fourth-order valence-corrected chi connectivity index (χ4v) is 2.77. The number of rotatable bonds is 2. The molecule has 2 rings (SSSR count). The third kappa shape index (κ3) is 2.09. The van der Waals surface area contributed by atoms with E-state index in [0.29, 0.717) is 0 Å². The van der Waals surface area contributed by atoms with Crippen LogP contribution in [-0.2, 0) is 10.7 Å². The van der Waals surface area contributed by atoms with Gasteiger partial charge in [-0.3, -0.25) is 0 Å². The Morgan fingerprint density at radius 3 is 2.37 bits per heavy atom. The van der Waals surface area contributed by atoms with Crippen molar-refractivity contribution in [2.24, 2.45) is 0 Å². The van der Waals surface area contributed by atoms with Crippen molar-refractivity contribution in [2.75, 3.05) is 5.73 Å². The van der Waals surface area contributed by atoms with Crippen LogP contribution in [-0.4, -0.2) is 21.7 Å². The monoisotopic (exact) mass is 263 g/mol. The van der Waals surface area contributed by atoms with Crippen LogP contribution in [0, 0.1) is 0 Å². The van der Waals surface area contributed by atoms with Crippen LogP contribution in [0.4, 0.5) is 5.69 Å². The molecule has 3 N–H and O–H groups in total. The van der Waals surface area contributed by atoms with Gasteiger partial charge in [-0.25, -0.2) is 4.79 Å². The average Bonchev–Trinajstić information content (AvgIpc) is 2.54. The van der Waals surface area contributed by atoms with Gasteiger partial charge in [0.2, 0.25) is 0 Å². The van der Waals surface area contributed by atoms with Crippen molar-refractivity contribution in [3.63, 3.8) is 0 Å². The van der Waals surface area contributed by atoms with E-state index in [-0.39, 0.29) is 11.3 Å². The van der Waals surface area contributed by atoms with Gasteiger partial charge in [-0.05, 0) is 51.3 Å². The van der Waals surface area contributed by atoms with Crippen LogP contribution in [0.5, 0.6) is 0 Å². The molecule has 1 atom stereocenters. The van der Waals surface area contributed by atoms with Crippen LogP contribution in [0.3, 0.4) is 0 Å². The SMILES string of the molecule is CC1(C)CCC(C)(c2ccc(C(=O)O)c(N)c2)N1[O]. The van der Waals surface area contributed by atoms with Gasteiger partial charge in [0.1, 0.15) is 0 Å². The van der Waals surface area contributed by atoms with Crippen molar-refractivity contribution in [1.82, 2.24) is 5.06 Å². The van der Waals surface area contributed by atoms with E-state index in [4.69, 9.17) is 10.8 Å². The highest BCUT2D eigenvalue weighted by atomic mass is 16.5. The average molecular weight is 263 g/mol. The summed E-state index contributed by atoms with van der Waals surface area (Å²) < 4.78 is 0. The Morgan fingerprint density at radius 1 is 1.32 bits per heavy atom. The Kier molecular flexibility index (Phi) is 3.07. The smallest absolute Gasteiger partial charge is 0.337 e. The van der Waals surface area contributed by atoms with Gasteiger partial charge in [0, 0.05) is 11.2 Å². The van der Waals surface area contributed by atoms with Crippen LogP contribution < -0.4 is 5.73 Å². The van der Waals surface area contributed by atoms with Crippen molar-refractivity contribution in [2.45, 2.75) is 44.7 Å². The zero-order chi connectivity index (χ0) is 14.4. The first-order valence-electron chi connectivity index (χ1n) is 6.29. The maximum Gasteiger partial charge on any atom is 0.337 e. The predicted octanol–water partition coefficient (Wildman–Crippen LogP) is 2.40. The lowest BCUT2D eigenvalue weighted by Crippen LogP contribution is -2.44. The van der Waals surface area contributed by atoms with Crippen LogP contribution >= 0.6 is 0 Å². The summed E-state index contributed by atoms with van der Waals surface area (Å²) in [5, 5.41) is 22.5. The van der Waals surface area contributed by atoms with E-state index in [2.05, 4.69) is 0 Å². The summed E-state index contributed by atoms with van der Waals surface area (Å²) >= 11 is 0. The lowest BCUT2D eigenvalue weighted by molar-refractivity contribution is -0.252. The number of hydrogen-bond donors (Lipinski definition) is 2. The number of aromatic carboxylic acids is 1. The Balaban J connectivity index is 2.43. The first kappa shape index (κ1) is 13.8. The number of anilines is 1. The molecule has 0 saturated carbocycles. The molecule has 1 radical (unpaired) electrons. The molecule has 5 nitrogen and oxygen atoms in total. The van der Waals surface area contributed by atoms with E-state index < -0.39 is 17.0 Å². The van der Waals surface area contributed by atoms with E-state index in [1.807, 2.05) is 20.8 Å². The fourth-order valence-electron chi connectivity index (χ4n) is 2.77. The van der Waals surface area contributed by atoms with Crippen molar-refractivity contribution < 1.29 is 15.1 Å². The molecule has 0 aromatic heterocycles. The third-order valence-electron chi connectivity index (χ3n) is 4.13. The molecule has 1 fully saturated rings. The molecule has 1 unspecified atom stereocenters. The lowest BCUT2D eigenvalue weighted by atomic mass is 9.89. The number of carboxylic acids is 1. The van der Waals surface area contributed by atoms with Crippen molar-refractivity contribution in [3.05, 3.63) is 29.3 Å². The number of carboxylic acid groups (broad SMARTS) is 1. The summed E-state index contributed by atoms with van der Waals surface area (Å²) in [5.41, 5.74) is 5.75. The molecular formula is C14H19N2O3. The highest BCUT2D eigenvalue weighted by Gasteiger charge is 2.49. The molecule has 0 amide bonds. The fraction of sp³-hybridized carbons (Fsp3) is 0.500. The van der Waals surface area contributed by atoms with Crippen molar-refractivity contribution >= 4 is 11.7 Å². The highest BCUT2D eigenvalue weighted by Crippen LogP contribution is 2.46. The maximum atomic E-state index is 12.4. The standard InChI is InChI=1S/C14H19N2O3/c1-13(2)6-7-14(3,16(13)19)9-4-5-10(12(17)18)11(15)8-9/h4-5,8H,6-7,15H2,1-3H3,(H,17,18). The highest BCUT2D eigenvalue weighted by molar-refractivity contribution is 5.93. The van der Waals surface area contributed by atoms with Crippen LogP contribution in [0.2, 0.25) is 0 Å². The number of hydroxylamine groups is 2. The minimum Gasteiger partial charge on any atom is -0.478 e. The minimum atomic E-state index is -1.06. The minimum absolute atomic E-state index is 0.0713. The summed E-state index contributed by atoms with van der Waals surface area (Å²) in [6.07, 6.45) is 1.53. The summed E-state index contributed by atoms with van der Waals surface area (Å²) in [6.45, 7) is 5.71. The first-order valence-corrected chi connectivity index (χ1v) is 6.29. The number of carbonyl (C=O) groups is 1. The number of nitrogens with zero attached hydrogens (tertiary/aromatic N) is 1. The molecule has 103 valence electrons. The van der Waals surface area contributed by atoms with E-state index >= 15 is 0 Å². The molecule has 1 heterocycles. The Labute approximate surface area is 112 Å². The summed E-state index contributed by atoms with van der Waals surface area (Å²) in [6, 6.07) is 4.76. The van der Waals surface area contributed by atoms with Gasteiger partial charge in [0.15, 0.2) is 0 Å². The van der Waals surface area contributed by atoms with Gasteiger partial charge in [-0.2, -0.15) is 0 Å². The first-order chi connectivity index (χ1) is 8.68. The lowest BCUT2D eigenvalue weighted by Gasteiger charge is -2.35. The molecule has 0 bridgehead atoms. The Bertz CT molecular complexity index is 527. The van der Waals surface area contributed by atoms with Gasteiger partial charge in [0.05, 0.1) is 11.1 Å². The van der Waals surface area contributed by atoms with Gasteiger partial charge in [-0.15, -0.1) is 10.3 Å². The van der Waals surface area contributed by atoms with E-state index in [1.54, 1.807) is 12.1 Å². The van der Waals surface area contributed by atoms with Crippen LogP contribution in [0.1, 0.15) is 49.5 Å². The molecule has 1 aliphatic rings. The van der Waals surface area contributed by atoms with Gasteiger partial charge >= 0.3 is 5.97 Å². The van der Waals surface area contributed by atoms with Crippen molar-refractivity contribution in [1.29, 1.82) is 0 Å². The second-order valence-corrected chi connectivity index (χ2v) is 5.99. The Hall–Kier alpha value is -1.59. The van der Waals surface area contributed by atoms with E-state index in [9.17, 15) is 10.0 Å². The molecule has 1 aromatic carbocycles. The number of benzene rings is 1. The molecule has 1 saturated heterocycles. The molecular weight excluding hydrogens is 244 g/mol. The van der Waals surface area contributed by atoms with E-state index in [1.165, 1.54) is 6.07 Å². The summed E-state index contributed by atoms with van der Waals surface area (Å²) in [4.78, 5) is 10.9. The molecule has 5 heteroatoms. The van der Waals surface area contributed by atoms with Gasteiger partial charge in [0.25, 0.3) is 0 Å². The molecule has 0 spiro atoms. The Morgan fingerprint density at radius 2 is 1.95 bits per heavy atom. The zero-order valence-electron chi connectivity index (χ0n) is 11.4. The van der Waals surface area contributed by atoms with Crippen molar-refractivity contribution in [3.8, 4) is 0 Å². The maximum absolute atomic E-state index is 12.4. The molecule has 1 aromatic rings.